The van der Waals surface area contributed by atoms with Crippen LogP contribution in [0.1, 0.15) is 20.3 Å². The molecule has 1 nitrogen and oxygen atoms in total. The van der Waals surface area contributed by atoms with E-state index in [1.165, 1.54) is 0 Å². The normalized spacial score (nSPS) is 27.1. The van der Waals surface area contributed by atoms with E-state index >= 15 is 0 Å². The van der Waals surface area contributed by atoms with Crippen molar-refractivity contribution in [2.24, 2.45) is 5.41 Å². The van der Waals surface area contributed by atoms with Crippen molar-refractivity contribution in [3.05, 3.63) is 35.6 Å². The highest BCUT2D eigenvalue weighted by Gasteiger charge is 2.40. The molecule has 0 saturated carbocycles. The standard InChI is InChI=1S/C11H12F2O/c1-10(2)5-3-8-7-11(12,13)14-9(8)4-6-10/h3-6H,7H2,1-2H3. The maximum atomic E-state index is 12.8. The molecular weight excluding hydrogens is 186 g/mol. The summed E-state index contributed by atoms with van der Waals surface area (Å²) in [6.45, 7) is 4.03. The Morgan fingerprint density at radius 1 is 1.21 bits per heavy atom. The Morgan fingerprint density at radius 2 is 1.86 bits per heavy atom. The first-order chi connectivity index (χ1) is 6.38. The molecule has 1 aliphatic heterocycles. The van der Waals surface area contributed by atoms with Gasteiger partial charge in [0.05, 0.1) is 6.42 Å². The van der Waals surface area contributed by atoms with Gasteiger partial charge >= 0.3 is 6.11 Å². The van der Waals surface area contributed by atoms with Crippen LogP contribution in [0.4, 0.5) is 8.78 Å². The van der Waals surface area contributed by atoms with E-state index in [2.05, 4.69) is 4.74 Å². The summed E-state index contributed by atoms with van der Waals surface area (Å²) in [4.78, 5) is 0. The molecule has 0 aromatic rings. The van der Waals surface area contributed by atoms with Crippen LogP contribution in [-0.2, 0) is 4.74 Å². The summed E-state index contributed by atoms with van der Waals surface area (Å²) >= 11 is 0. The predicted octanol–water partition coefficient (Wildman–Crippen LogP) is 3.41. The van der Waals surface area contributed by atoms with Gasteiger partial charge in [-0.25, -0.2) is 0 Å². The van der Waals surface area contributed by atoms with Gasteiger partial charge in [0.25, 0.3) is 0 Å². The topological polar surface area (TPSA) is 9.23 Å². The molecule has 2 rings (SSSR count). The highest BCUT2D eigenvalue weighted by molar-refractivity contribution is 5.38. The van der Waals surface area contributed by atoms with Gasteiger partial charge in [-0.3, -0.25) is 0 Å². The summed E-state index contributed by atoms with van der Waals surface area (Å²) in [5.41, 5.74) is 0.486. The first-order valence-corrected chi connectivity index (χ1v) is 4.56. The van der Waals surface area contributed by atoms with E-state index in [0.29, 0.717) is 11.3 Å². The van der Waals surface area contributed by atoms with Crippen LogP contribution in [0.2, 0.25) is 0 Å². The third-order valence-corrected chi connectivity index (χ3v) is 2.35. The molecular formula is C11H12F2O. The number of rotatable bonds is 0. The quantitative estimate of drug-likeness (QED) is 0.579. The van der Waals surface area contributed by atoms with Crippen molar-refractivity contribution in [2.75, 3.05) is 0 Å². The fourth-order valence-corrected chi connectivity index (χ4v) is 1.51. The van der Waals surface area contributed by atoms with E-state index in [4.69, 9.17) is 0 Å². The molecule has 0 spiro atoms. The molecule has 0 radical (unpaired) electrons. The zero-order valence-electron chi connectivity index (χ0n) is 8.18. The van der Waals surface area contributed by atoms with Gasteiger partial charge in [-0.2, -0.15) is 8.78 Å². The third-order valence-electron chi connectivity index (χ3n) is 2.35. The minimum Gasteiger partial charge on any atom is -0.432 e. The predicted molar refractivity (Wildman–Crippen MR) is 49.7 cm³/mol. The lowest BCUT2D eigenvalue weighted by molar-refractivity contribution is -0.194. The summed E-state index contributed by atoms with van der Waals surface area (Å²) in [5.74, 6) is 0.303. The van der Waals surface area contributed by atoms with Crippen LogP contribution in [0.25, 0.3) is 0 Å². The molecule has 14 heavy (non-hydrogen) atoms. The highest BCUT2D eigenvalue weighted by atomic mass is 19.3. The Bertz CT molecular complexity index is 318. The van der Waals surface area contributed by atoms with Crippen molar-refractivity contribution < 1.29 is 13.5 Å². The van der Waals surface area contributed by atoms with Gasteiger partial charge in [-0.1, -0.05) is 32.1 Å². The molecule has 0 aromatic carbocycles. The molecule has 0 unspecified atom stereocenters. The first kappa shape index (κ1) is 9.44. The molecule has 0 aromatic heterocycles. The minimum absolute atomic E-state index is 0.0943. The summed E-state index contributed by atoms with van der Waals surface area (Å²) in [7, 11) is 0. The summed E-state index contributed by atoms with van der Waals surface area (Å²) in [6.07, 6.45) is 3.80. The summed E-state index contributed by atoms with van der Waals surface area (Å²) < 4.78 is 30.2. The van der Waals surface area contributed by atoms with Crippen LogP contribution in [0.3, 0.4) is 0 Å². The van der Waals surface area contributed by atoms with Crippen LogP contribution in [-0.4, -0.2) is 6.11 Å². The van der Waals surface area contributed by atoms with Crippen LogP contribution in [0, 0.1) is 5.41 Å². The Labute approximate surface area is 81.8 Å². The molecule has 0 amide bonds. The lowest BCUT2D eigenvalue weighted by atomic mass is 9.93. The Kier molecular flexibility index (Phi) is 1.81. The van der Waals surface area contributed by atoms with E-state index in [1.54, 1.807) is 12.2 Å². The molecule has 1 aliphatic carbocycles. The number of alkyl halides is 2. The zero-order valence-corrected chi connectivity index (χ0v) is 8.18. The van der Waals surface area contributed by atoms with Gasteiger partial charge in [0.15, 0.2) is 0 Å². The lowest BCUT2D eigenvalue weighted by Crippen LogP contribution is -2.13. The van der Waals surface area contributed by atoms with E-state index in [1.807, 2.05) is 26.0 Å². The van der Waals surface area contributed by atoms with Gasteiger partial charge in [0.1, 0.15) is 5.76 Å². The SMILES string of the molecule is CC1(C)C=CC2=C(C=C1)OC(F)(F)C2. The number of hydrogen-bond acceptors (Lipinski definition) is 1. The monoisotopic (exact) mass is 198 g/mol. The Morgan fingerprint density at radius 3 is 2.57 bits per heavy atom. The van der Waals surface area contributed by atoms with E-state index in [-0.39, 0.29) is 11.8 Å². The van der Waals surface area contributed by atoms with Crippen molar-refractivity contribution in [2.45, 2.75) is 26.4 Å². The van der Waals surface area contributed by atoms with Crippen molar-refractivity contribution in [3.63, 3.8) is 0 Å². The smallest absolute Gasteiger partial charge is 0.402 e. The van der Waals surface area contributed by atoms with Gasteiger partial charge in [-0.05, 0) is 6.08 Å². The van der Waals surface area contributed by atoms with Gasteiger partial charge < -0.3 is 4.74 Å². The molecule has 0 fully saturated rings. The van der Waals surface area contributed by atoms with Crippen molar-refractivity contribution in [3.8, 4) is 0 Å². The molecule has 0 N–H and O–H groups in total. The molecule has 76 valence electrons. The fraction of sp³-hybridized carbons (Fsp3) is 0.455. The van der Waals surface area contributed by atoms with E-state index < -0.39 is 6.11 Å². The molecule has 2 aliphatic rings. The maximum absolute atomic E-state index is 12.8. The number of ether oxygens (including phenoxy) is 1. The van der Waals surface area contributed by atoms with E-state index in [0.717, 1.165) is 0 Å². The number of hydrogen-bond donors (Lipinski definition) is 0. The number of allylic oxidation sites excluding steroid dienone is 4. The summed E-state index contributed by atoms with van der Waals surface area (Å²) in [6, 6.07) is 0. The largest absolute Gasteiger partial charge is 0.432 e. The molecule has 1 heterocycles. The fourth-order valence-electron chi connectivity index (χ4n) is 1.51. The molecule has 0 atom stereocenters. The summed E-state index contributed by atoms with van der Waals surface area (Å²) in [5, 5.41) is 0. The Balaban J connectivity index is 2.30. The Hall–Kier alpha value is -1.12. The van der Waals surface area contributed by atoms with Crippen molar-refractivity contribution >= 4 is 0 Å². The molecule has 3 heteroatoms. The van der Waals surface area contributed by atoms with Crippen molar-refractivity contribution in [1.29, 1.82) is 0 Å². The van der Waals surface area contributed by atoms with Gasteiger partial charge in [-0.15, -0.1) is 0 Å². The van der Waals surface area contributed by atoms with Crippen LogP contribution in [0.15, 0.2) is 35.6 Å². The first-order valence-electron chi connectivity index (χ1n) is 4.56. The zero-order chi connectivity index (χ0) is 10.4. The highest BCUT2D eigenvalue weighted by Crippen LogP contribution is 2.40. The van der Waals surface area contributed by atoms with Crippen LogP contribution < -0.4 is 0 Å². The molecule has 0 bridgehead atoms. The van der Waals surface area contributed by atoms with Crippen LogP contribution in [0.5, 0.6) is 0 Å². The van der Waals surface area contributed by atoms with E-state index in [9.17, 15) is 8.78 Å². The average Bonchev–Trinajstić information content (AvgIpc) is 2.27. The lowest BCUT2D eigenvalue weighted by Gasteiger charge is -2.14. The van der Waals surface area contributed by atoms with Crippen molar-refractivity contribution in [1.82, 2.24) is 0 Å². The second-order valence-corrected chi connectivity index (χ2v) is 4.29. The maximum Gasteiger partial charge on any atom is 0.402 e. The van der Waals surface area contributed by atoms with Gasteiger partial charge in [0.2, 0.25) is 0 Å². The van der Waals surface area contributed by atoms with Crippen LogP contribution >= 0.6 is 0 Å². The third kappa shape index (κ3) is 1.72. The van der Waals surface area contributed by atoms with Gasteiger partial charge in [0, 0.05) is 11.0 Å². The average molecular weight is 198 g/mol. The second-order valence-electron chi connectivity index (χ2n) is 4.29. The minimum atomic E-state index is -3.03. The number of halogens is 2. The second kappa shape index (κ2) is 2.69. The molecule has 0 saturated heterocycles.